The maximum atomic E-state index is 9.77. The summed E-state index contributed by atoms with van der Waals surface area (Å²) in [5.41, 5.74) is 0.800. The lowest BCUT2D eigenvalue weighted by Crippen LogP contribution is -2.32. The van der Waals surface area contributed by atoms with Gasteiger partial charge in [0.2, 0.25) is 5.66 Å². The number of hydrogen-bond acceptors (Lipinski definition) is 5. The Labute approximate surface area is 87.5 Å². The van der Waals surface area contributed by atoms with Crippen molar-refractivity contribution in [2.45, 2.75) is 25.6 Å². The highest BCUT2D eigenvalue weighted by Gasteiger charge is 2.41. The van der Waals surface area contributed by atoms with Gasteiger partial charge in [-0.2, -0.15) is 0 Å². The van der Waals surface area contributed by atoms with Gasteiger partial charge in [-0.25, -0.2) is 0 Å². The Kier molecular flexibility index (Phi) is 2.32. The number of aryl methyl sites for hydroxylation is 1. The third-order valence-electron chi connectivity index (χ3n) is 2.56. The molecule has 1 heterocycles. The number of aliphatic hydroxyl groups is 1. The second-order valence-corrected chi connectivity index (χ2v) is 3.60. The average Bonchev–Trinajstić information content (AvgIpc) is 2.68. The van der Waals surface area contributed by atoms with Crippen LogP contribution in [0.15, 0.2) is 44.9 Å². The molecule has 5 nitrogen and oxygen atoms in total. The summed E-state index contributed by atoms with van der Waals surface area (Å²) in [5, 5.41) is 24.6. The molecule has 1 N–H and O–H groups in total. The van der Waals surface area contributed by atoms with Gasteiger partial charge in [0, 0.05) is 5.56 Å². The lowest BCUT2D eigenvalue weighted by atomic mass is 9.92. The van der Waals surface area contributed by atoms with E-state index in [-0.39, 0.29) is 0 Å². The first kappa shape index (κ1) is 9.92. The molecule has 0 fully saturated rings. The zero-order valence-corrected chi connectivity index (χ0v) is 8.62. The third-order valence-corrected chi connectivity index (χ3v) is 2.56. The molecule has 1 aliphatic rings. The van der Waals surface area contributed by atoms with E-state index in [0.717, 1.165) is 11.1 Å². The molecule has 0 spiro atoms. The molecule has 1 aromatic carbocycles. The maximum Gasteiger partial charge on any atom is 0.245 e. The van der Waals surface area contributed by atoms with Crippen molar-refractivity contribution >= 4 is 0 Å². The third kappa shape index (κ3) is 1.45. The largest absolute Gasteiger partial charge is 0.388 e. The minimum Gasteiger partial charge on any atom is -0.388 e. The molecule has 0 aromatic heterocycles. The van der Waals surface area contributed by atoms with Gasteiger partial charge in [-0.05, 0) is 29.9 Å². The monoisotopic (exact) mass is 204 g/mol. The predicted molar refractivity (Wildman–Crippen MR) is 54.2 cm³/mol. The number of benzene rings is 1. The van der Waals surface area contributed by atoms with Crippen molar-refractivity contribution in [3.05, 3.63) is 35.4 Å². The standard InChI is InChI=1S/C10H12N4O/c1-7-5-3-4-6-9(7)10(8(2)15)11-13-14-12-10/h3-6,8,15H,1-2H3. The molecule has 1 aliphatic heterocycles. The van der Waals surface area contributed by atoms with Gasteiger partial charge >= 0.3 is 0 Å². The van der Waals surface area contributed by atoms with Crippen molar-refractivity contribution in [1.82, 2.24) is 0 Å². The van der Waals surface area contributed by atoms with Crippen molar-refractivity contribution < 1.29 is 5.11 Å². The van der Waals surface area contributed by atoms with Crippen LogP contribution in [-0.2, 0) is 5.66 Å². The number of rotatable bonds is 2. The molecule has 5 heteroatoms. The van der Waals surface area contributed by atoms with Crippen molar-refractivity contribution in [2.24, 2.45) is 20.7 Å². The van der Waals surface area contributed by atoms with Crippen LogP contribution >= 0.6 is 0 Å². The van der Waals surface area contributed by atoms with Gasteiger partial charge in [0.25, 0.3) is 0 Å². The van der Waals surface area contributed by atoms with E-state index in [9.17, 15) is 5.11 Å². The topological polar surface area (TPSA) is 69.7 Å². The van der Waals surface area contributed by atoms with Gasteiger partial charge in [-0.3, -0.25) is 0 Å². The Morgan fingerprint density at radius 2 is 1.80 bits per heavy atom. The van der Waals surface area contributed by atoms with E-state index in [4.69, 9.17) is 0 Å². The molecule has 0 saturated heterocycles. The Balaban J connectivity index is 2.57. The SMILES string of the molecule is Cc1ccccc1C1(C(C)O)N=NN=N1. The molecule has 2 rings (SSSR count). The summed E-state index contributed by atoms with van der Waals surface area (Å²) >= 11 is 0. The van der Waals surface area contributed by atoms with E-state index >= 15 is 0 Å². The highest BCUT2D eigenvalue weighted by atomic mass is 16.3. The van der Waals surface area contributed by atoms with Crippen LogP contribution in [0.4, 0.5) is 0 Å². The van der Waals surface area contributed by atoms with E-state index in [2.05, 4.69) is 20.7 Å². The highest BCUT2D eigenvalue weighted by Crippen LogP contribution is 2.37. The first-order chi connectivity index (χ1) is 7.17. The number of aliphatic hydroxyl groups excluding tert-OH is 1. The summed E-state index contributed by atoms with van der Waals surface area (Å²) in [6, 6.07) is 7.64. The van der Waals surface area contributed by atoms with Gasteiger partial charge in [-0.1, -0.05) is 24.3 Å². The van der Waals surface area contributed by atoms with Crippen LogP contribution < -0.4 is 0 Å². The van der Waals surface area contributed by atoms with Crippen molar-refractivity contribution in [3.63, 3.8) is 0 Å². The smallest absolute Gasteiger partial charge is 0.245 e. The van der Waals surface area contributed by atoms with Gasteiger partial charge < -0.3 is 5.11 Å². The van der Waals surface area contributed by atoms with Crippen LogP contribution in [0.25, 0.3) is 0 Å². The Morgan fingerprint density at radius 1 is 1.20 bits per heavy atom. The van der Waals surface area contributed by atoms with E-state index in [0.29, 0.717) is 0 Å². The minimum atomic E-state index is -1.05. The first-order valence-electron chi connectivity index (χ1n) is 4.75. The molecule has 78 valence electrons. The molecule has 0 amide bonds. The van der Waals surface area contributed by atoms with Crippen molar-refractivity contribution in [2.75, 3.05) is 0 Å². The fourth-order valence-corrected chi connectivity index (χ4v) is 1.68. The van der Waals surface area contributed by atoms with E-state index in [1.54, 1.807) is 6.92 Å². The number of hydrogen-bond donors (Lipinski definition) is 1. The maximum absolute atomic E-state index is 9.77. The van der Waals surface area contributed by atoms with Gasteiger partial charge in [-0.15, -0.1) is 10.2 Å². The van der Waals surface area contributed by atoms with Crippen molar-refractivity contribution in [1.29, 1.82) is 0 Å². The molecule has 0 aliphatic carbocycles. The first-order valence-corrected chi connectivity index (χ1v) is 4.75. The second kappa shape index (κ2) is 3.51. The molecule has 0 radical (unpaired) electrons. The zero-order valence-electron chi connectivity index (χ0n) is 8.62. The molecule has 0 bridgehead atoms. The van der Waals surface area contributed by atoms with E-state index in [1.807, 2.05) is 31.2 Å². The molecule has 1 unspecified atom stereocenters. The lowest BCUT2D eigenvalue weighted by molar-refractivity contribution is 0.104. The van der Waals surface area contributed by atoms with Crippen molar-refractivity contribution in [3.8, 4) is 0 Å². The fourth-order valence-electron chi connectivity index (χ4n) is 1.68. The fraction of sp³-hybridized carbons (Fsp3) is 0.400. The van der Waals surface area contributed by atoms with Crippen LogP contribution in [-0.4, -0.2) is 11.2 Å². The van der Waals surface area contributed by atoms with Crippen LogP contribution in [0.3, 0.4) is 0 Å². The molecular weight excluding hydrogens is 192 g/mol. The van der Waals surface area contributed by atoms with Crippen LogP contribution in [0.1, 0.15) is 18.1 Å². The van der Waals surface area contributed by atoms with Gasteiger partial charge in [0.05, 0.1) is 0 Å². The summed E-state index contributed by atoms with van der Waals surface area (Å²) in [7, 11) is 0. The quantitative estimate of drug-likeness (QED) is 0.789. The zero-order chi connectivity index (χ0) is 10.9. The molecule has 1 aromatic rings. The second-order valence-electron chi connectivity index (χ2n) is 3.60. The summed E-state index contributed by atoms with van der Waals surface area (Å²) in [6.45, 7) is 3.58. The van der Waals surface area contributed by atoms with Crippen LogP contribution in [0, 0.1) is 6.92 Å². The van der Waals surface area contributed by atoms with E-state index < -0.39 is 11.8 Å². The summed E-state index contributed by atoms with van der Waals surface area (Å²) in [5.74, 6) is 0. The van der Waals surface area contributed by atoms with Gasteiger partial charge in [0.15, 0.2) is 0 Å². The summed E-state index contributed by atoms with van der Waals surface area (Å²) in [6.07, 6.45) is -0.756. The minimum absolute atomic E-state index is 0.756. The lowest BCUT2D eigenvalue weighted by Gasteiger charge is -2.24. The predicted octanol–water partition coefficient (Wildman–Crippen LogP) is 2.36. The van der Waals surface area contributed by atoms with Crippen LogP contribution in [0.2, 0.25) is 0 Å². The normalized spacial score (nSPS) is 19.4. The van der Waals surface area contributed by atoms with E-state index in [1.165, 1.54) is 0 Å². The van der Waals surface area contributed by atoms with Gasteiger partial charge in [0.1, 0.15) is 6.10 Å². The van der Waals surface area contributed by atoms with Crippen LogP contribution in [0.5, 0.6) is 0 Å². The Morgan fingerprint density at radius 3 is 2.33 bits per heavy atom. The molecule has 0 saturated carbocycles. The Bertz CT molecular complexity index is 413. The molecule has 15 heavy (non-hydrogen) atoms. The number of nitrogens with zero attached hydrogens (tertiary/aromatic N) is 4. The highest BCUT2D eigenvalue weighted by molar-refractivity contribution is 5.33. The molecular formula is C10H12N4O. The summed E-state index contributed by atoms with van der Waals surface area (Å²) < 4.78 is 0. The Hall–Kier alpha value is -1.62. The average molecular weight is 204 g/mol. The molecule has 1 atom stereocenters. The summed E-state index contributed by atoms with van der Waals surface area (Å²) in [4.78, 5) is 0.